The zero-order chi connectivity index (χ0) is 11.5. The van der Waals surface area contributed by atoms with Crippen molar-refractivity contribution < 1.29 is 4.74 Å². The van der Waals surface area contributed by atoms with E-state index in [0.717, 1.165) is 30.0 Å². The molecule has 1 fully saturated rings. The maximum Gasteiger partial charge on any atom is 0.218 e. The fourth-order valence-corrected chi connectivity index (χ4v) is 2.58. The van der Waals surface area contributed by atoms with Crippen molar-refractivity contribution in [2.75, 3.05) is 0 Å². The summed E-state index contributed by atoms with van der Waals surface area (Å²) in [6, 6.07) is 2.05. The minimum absolute atomic E-state index is 0.343. The number of rotatable bonds is 3. The van der Waals surface area contributed by atoms with Crippen molar-refractivity contribution in [3.8, 4) is 5.88 Å². The fourth-order valence-electron chi connectivity index (χ4n) is 2.25. The molecule has 1 saturated carbocycles. The first-order chi connectivity index (χ1) is 7.70. The quantitative estimate of drug-likeness (QED) is 0.750. The highest BCUT2D eigenvalue weighted by molar-refractivity contribution is 6.17. The van der Waals surface area contributed by atoms with Gasteiger partial charge in [-0.3, -0.25) is 0 Å². The molecule has 1 aliphatic carbocycles. The second-order valence-corrected chi connectivity index (χ2v) is 4.79. The van der Waals surface area contributed by atoms with Crippen LogP contribution in [-0.2, 0) is 5.88 Å². The van der Waals surface area contributed by atoms with Gasteiger partial charge in [-0.15, -0.1) is 11.6 Å². The van der Waals surface area contributed by atoms with Gasteiger partial charge in [0.2, 0.25) is 5.88 Å². The van der Waals surface area contributed by atoms with Crippen LogP contribution in [0.15, 0.2) is 6.07 Å². The number of pyridine rings is 1. The van der Waals surface area contributed by atoms with Gasteiger partial charge in [0.25, 0.3) is 0 Å². The van der Waals surface area contributed by atoms with Gasteiger partial charge in [0.05, 0.1) is 5.88 Å². The Balaban J connectivity index is 2.23. The zero-order valence-corrected chi connectivity index (χ0v) is 10.7. The molecule has 2 rings (SSSR count). The lowest BCUT2D eigenvalue weighted by atomic mass is 10.1. The molecule has 0 saturated heterocycles. The Labute approximate surface area is 102 Å². The van der Waals surface area contributed by atoms with Gasteiger partial charge in [-0.05, 0) is 51.2 Å². The molecule has 1 aromatic rings. The number of alkyl halides is 1. The lowest BCUT2D eigenvalue weighted by Crippen LogP contribution is -2.14. The molecule has 0 unspecified atom stereocenters. The number of halogens is 1. The second kappa shape index (κ2) is 5.05. The summed E-state index contributed by atoms with van der Waals surface area (Å²) in [6.07, 6.45) is 5.18. The fraction of sp³-hybridized carbons (Fsp3) is 0.615. The van der Waals surface area contributed by atoms with Gasteiger partial charge in [-0.2, -0.15) is 0 Å². The number of aromatic nitrogens is 1. The minimum atomic E-state index is 0.343. The van der Waals surface area contributed by atoms with Crippen molar-refractivity contribution in [1.29, 1.82) is 0 Å². The van der Waals surface area contributed by atoms with E-state index >= 15 is 0 Å². The van der Waals surface area contributed by atoms with Crippen molar-refractivity contribution in [3.05, 3.63) is 22.9 Å². The average Bonchev–Trinajstić information content (AvgIpc) is 2.70. The number of ether oxygens (including phenoxy) is 1. The summed E-state index contributed by atoms with van der Waals surface area (Å²) >= 11 is 5.96. The van der Waals surface area contributed by atoms with Crippen LogP contribution >= 0.6 is 11.6 Å². The van der Waals surface area contributed by atoms with E-state index in [9.17, 15) is 0 Å². The van der Waals surface area contributed by atoms with Crippen LogP contribution in [0.25, 0.3) is 0 Å². The molecule has 0 radical (unpaired) electrons. The Hall–Kier alpha value is -0.760. The maximum absolute atomic E-state index is 5.96. The predicted molar refractivity (Wildman–Crippen MR) is 66.2 cm³/mol. The molecule has 0 amide bonds. The molecule has 2 nitrogen and oxygen atoms in total. The summed E-state index contributed by atoms with van der Waals surface area (Å²) < 4.78 is 5.96. The second-order valence-electron chi connectivity index (χ2n) is 4.52. The van der Waals surface area contributed by atoms with Crippen LogP contribution in [0.3, 0.4) is 0 Å². The van der Waals surface area contributed by atoms with Crippen molar-refractivity contribution in [3.63, 3.8) is 0 Å². The number of hydrogen-bond acceptors (Lipinski definition) is 2. The summed E-state index contributed by atoms with van der Waals surface area (Å²) in [6.45, 7) is 4.06. The first kappa shape index (κ1) is 11.7. The first-order valence-electron chi connectivity index (χ1n) is 5.90. The van der Waals surface area contributed by atoms with E-state index < -0.39 is 0 Å². The Morgan fingerprint density at radius 2 is 2.06 bits per heavy atom. The van der Waals surface area contributed by atoms with E-state index in [4.69, 9.17) is 16.3 Å². The molecule has 16 heavy (non-hydrogen) atoms. The van der Waals surface area contributed by atoms with Gasteiger partial charge in [-0.25, -0.2) is 4.98 Å². The summed E-state index contributed by atoms with van der Waals surface area (Å²) in [5.41, 5.74) is 3.22. The molecule has 88 valence electrons. The van der Waals surface area contributed by atoms with Gasteiger partial charge >= 0.3 is 0 Å². The highest BCUT2D eigenvalue weighted by Crippen LogP contribution is 2.28. The standard InChI is InChI=1S/C13H18ClNO/c1-9-7-10(2)15-13(12(9)8-14)16-11-5-3-4-6-11/h7,11H,3-6,8H2,1-2H3. The molecular weight excluding hydrogens is 222 g/mol. The lowest BCUT2D eigenvalue weighted by Gasteiger charge is -2.16. The van der Waals surface area contributed by atoms with Crippen LogP contribution in [0.2, 0.25) is 0 Å². The van der Waals surface area contributed by atoms with E-state index in [1.54, 1.807) is 0 Å². The van der Waals surface area contributed by atoms with Crippen LogP contribution in [0, 0.1) is 13.8 Å². The smallest absolute Gasteiger partial charge is 0.218 e. The minimum Gasteiger partial charge on any atom is -0.474 e. The third-order valence-electron chi connectivity index (χ3n) is 3.15. The van der Waals surface area contributed by atoms with Gasteiger partial charge in [-0.1, -0.05) is 0 Å². The zero-order valence-electron chi connectivity index (χ0n) is 9.92. The Morgan fingerprint density at radius 3 is 2.69 bits per heavy atom. The topological polar surface area (TPSA) is 22.1 Å². The number of aryl methyl sites for hydroxylation is 2. The van der Waals surface area contributed by atoms with Crippen LogP contribution in [-0.4, -0.2) is 11.1 Å². The molecule has 1 aliphatic rings. The van der Waals surface area contributed by atoms with Crippen molar-refractivity contribution in [2.45, 2.75) is 51.5 Å². The maximum atomic E-state index is 5.96. The van der Waals surface area contributed by atoms with E-state index in [1.165, 1.54) is 18.4 Å². The van der Waals surface area contributed by atoms with Gasteiger partial charge < -0.3 is 4.74 Å². The average molecular weight is 240 g/mol. The van der Waals surface area contributed by atoms with Crippen LogP contribution in [0.1, 0.15) is 42.5 Å². The normalized spacial score (nSPS) is 16.7. The van der Waals surface area contributed by atoms with Crippen LogP contribution < -0.4 is 4.74 Å². The van der Waals surface area contributed by atoms with E-state index in [0.29, 0.717) is 12.0 Å². The summed E-state index contributed by atoms with van der Waals surface area (Å²) in [5.74, 6) is 1.22. The molecule has 3 heteroatoms. The number of nitrogens with zero attached hydrogens (tertiary/aromatic N) is 1. The Bertz CT molecular complexity index is 372. The molecule has 0 aromatic carbocycles. The summed E-state index contributed by atoms with van der Waals surface area (Å²) in [4.78, 5) is 4.46. The largest absolute Gasteiger partial charge is 0.474 e. The molecule has 0 spiro atoms. The molecule has 0 aliphatic heterocycles. The molecule has 0 bridgehead atoms. The van der Waals surface area contributed by atoms with Crippen molar-refractivity contribution in [2.24, 2.45) is 0 Å². The molecule has 1 heterocycles. The van der Waals surface area contributed by atoms with E-state index in [1.807, 2.05) is 6.92 Å². The van der Waals surface area contributed by atoms with Gasteiger partial charge in [0.15, 0.2) is 0 Å². The highest BCUT2D eigenvalue weighted by atomic mass is 35.5. The lowest BCUT2D eigenvalue weighted by molar-refractivity contribution is 0.199. The molecule has 0 atom stereocenters. The van der Waals surface area contributed by atoms with Crippen molar-refractivity contribution >= 4 is 11.6 Å². The third kappa shape index (κ3) is 2.49. The van der Waals surface area contributed by atoms with E-state index in [2.05, 4.69) is 18.0 Å². The van der Waals surface area contributed by atoms with Crippen LogP contribution in [0.4, 0.5) is 0 Å². The SMILES string of the molecule is Cc1cc(C)c(CCl)c(OC2CCCC2)n1. The van der Waals surface area contributed by atoms with Gasteiger partial charge in [0, 0.05) is 11.3 Å². The summed E-state index contributed by atoms with van der Waals surface area (Å²) in [5, 5.41) is 0. The van der Waals surface area contributed by atoms with Crippen LogP contribution in [0.5, 0.6) is 5.88 Å². The predicted octanol–water partition coefficient (Wildman–Crippen LogP) is 3.76. The Morgan fingerprint density at radius 1 is 1.38 bits per heavy atom. The Kier molecular flexibility index (Phi) is 3.70. The van der Waals surface area contributed by atoms with Crippen molar-refractivity contribution in [1.82, 2.24) is 4.98 Å². The third-order valence-corrected chi connectivity index (χ3v) is 3.42. The molecule has 1 aromatic heterocycles. The molecule has 0 N–H and O–H groups in total. The van der Waals surface area contributed by atoms with E-state index in [-0.39, 0.29) is 0 Å². The monoisotopic (exact) mass is 239 g/mol. The van der Waals surface area contributed by atoms with Gasteiger partial charge in [0.1, 0.15) is 6.10 Å². The summed E-state index contributed by atoms with van der Waals surface area (Å²) in [7, 11) is 0. The number of hydrogen-bond donors (Lipinski definition) is 0. The molecular formula is C13H18ClNO. The highest BCUT2D eigenvalue weighted by Gasteiger charge is 2.19. The first-order valence-corrected chi connectivity index (χ1v) is 6.44.